The number of hydrogen-bond donors (Lipinski definition) is 2. The average molecular weight is 347 g/mol. The number of benzene rings is 1. The first-order chi connectivity index (χ1) is 11.6. The number of rotatable bonds is 3. The zero-order chi connectivity index (χ0) is 17.1. The number of aromatic nitrogens is 2. The third-order valence-corrected chi connectivity index (χ3v) is 4.67. The van der Waals surface area contributed by atoms with Crippen molar-refractivity contribution in [3.05, 3.63) is 52.9 Å². The van der Waals surface area contributed by atoms with Gasteiger partial charge in [0.2, 0.25) is 0 Å². The van der Waals surface area contributed by atoms with Gasteiger partial charge < -0.3 is 15.7 Å². The highest BCUT2D eigenvalue weighted by molar-refractivity contribution is 6.30. The van der Waals surface area contributed by atoms with Crippen molar-refractivity contribution in [1.82, 2.24) is 14.9 Å². The van der Waals surface area contributed by atoms with Gasteiger partial charge in [-0.15, -0.1) is 0 Å². The molecule has 3 rings (SSSR count). The van der Waals surface area contributed by atoms with Crippen LogP contribution in [0, 0.1) is 5.92 Å². The molecule has 1 amide bonds. The summed E-state index contributed by atoms with van der Waals surface area (Å²) in [6, 6.07) is 7.22. The summed E-state index contributed by atoms with van der Waals surface area (Å²) < 4.78 is 0. The molecule has 1 unspecified atom stereocenters. The van der Waals surface area contributed by atoms with E-state index in [1.165, 1.54) is 12.4 Å². The number of anilines is 1. The average Bonchev–Trinajstić information content (AvgIpc) is 2.62. The molecular formula is C17H19ClN4O2. The van der Waals surface area contributed by atoms with Crippen molar-refractivity contribution >= 4 is 23.3 Å². The van der Waals surface area contributed by atoms with Crippen molar-refractivity contribution in [3.63, 3.8) is 0 Å². The first-order valence-corrected chi connectivity index (χ1v) is 8.23. The molecule has 1 atom stereocenters. The van der Waals surface area contributed by atoms with Crippen LogP contribution in [-0.2, 0) is 0 Å². The summed E-state index contributed by atoms with van der Waals surface area (Å²) in [6.45, 7) is 1.12. The lowest BCUT2D eigenvalue weighted by atomic mass is 9.87. The van der Waals surface area contributed by atoms with Crippen molar-refractivity contribution in [3.8, 4) is 0 Å². The molecule has 24 heavy (non-hydrogen) atoms. The van der Waals surface area contributed by atoms with Crippen LogP contribution in [-0.4, -0.2) is 39.0 Å². The first kappa shape index (κ1) is 16.7. The number of nitrogen functional groups attached to an aromatic ring is 1. The van der Waals surface area contributed by atoms with Crippen LogP contribution in [0.15, 0.2) is 36.7 Å². The maximum absolute atomic E-state index is 12.5. The number of aliphatic hydroxyl groups is 1. The Morgan fingerprint density at radius 1 is 1.21 bits per heavy atom. The summed E-state index contributed by atoms with van der Waals surface area (Å²) in [5.74, 6) is 0.0419. The topological polar surface area (TPSA) is 92.3 Å². The molecule has 1 fully saturated rings. The van der Waals surface area contributed by atoms with Gasteiger partial charge >= 0.3 is 0 Å². The minimum Gasteiger partial charge on any atom is -0.388 e. The van der Waals surface area contributed by atoms with Gasteiger partial charge in [0.05, 0.1) is 6.10 Å². The fourth-order valence-electron chi connectivity index (χ4n) is 3.01. The Morgan fingerprint density at radius 2 is 1.83 bits per heavy atom. The number of amides is 1. The van der Waals surface area contributed by atoms with E-state index in [0.29, 0.717) is 18.1 Å². The number of nitrogens with zero attached hydrogens (tertiary/aromatic N) is 3. The number of carbonyl (C=O) groups is 1. The predicted octanol–water partition coefficient (Wildman–Crippen LogP) is 2.30. The molecule has 1 aromatic heterocycles. The maximum atomic E-state index is 12.5. The first-order valence-electron chi connectivity index (χ1n) is 7.85. The number of piperidine rings is 1. The Hall–Kier alpha value is -2.18. The number of carbonyl (C=O) groups excluding carboxylic acids is 1. The van der Waals surface area contributed by atoms with Gasteiger partial charge in [-0.3, -0.25) is 4.79 Å². The van der Waals surface area contributed by atoms with E-state index in [0.717, 1.165) is 18.4 Å². The third-order valence-electron chi connectivity index (χ3n) is 4.41. The van der Waals surface area contributed by atoms with E-state index < -0.39 is 6.10 Å². The Bertz CT molecular complexity index is 715. The number of likely N-dealkylation sites (tertiary alicyclic amines) is 1. The molecule has 1 aliphatic heterocycles. The number of hydrogen-bond acceptors (Lipinski definition) is 5. The van der Waals surface area contributed by atoms with Gasteiger partial charge in [0.1, 0.15) is 0 Å². The standard InChI is InChI=1S/C17H19ClN4O2/c18-13-3-1-11(2-4-13)15(23)12-5-9-22(10-6-12)17(24)14-16(19)21-8-7-20-14/h1-4,7-8,12,15,23H,5-6,9-10H2,(H2,19,21). The zero-order valence-electron chi connectivity index (χ0n) is 13.1. The van der Waals surface area contributed by atoms with Gasteiger partial charge in [0, 0.05) is 30.5 Å². The molecule has 0 aliphatic carbocycles. The van der Waals surface area contributed by atoms with E-state index in [-0.39, 0.29) is 23.3 Å². The second kappa shape index (κ2) is 7.15. The quantitative estimate of drug-likeness (QED) is 0.889. The van der Waals surface area contributed by atoms with Crippen LogP contribution in [0.25, 0.3) is 0 Å². The lowest BCUT2D eigenvalue weighted by molar-refractivity contribution is 0.0459. The van der Waals surface area contributed by atoms with Crippen LogP contribution in [0.5, 0.6) is 0 Å². The summed E-state index contributed by atoms with van der Waals surface area (Å²) in [7, 11) is 0. The Morgan fingerprint density at radius 3 is 2.46 bits per heavy atom. The van der Waals surface area contributed by atoms with Crippen LogP contribution in [0.3, 0.4) is 0 Å². The van der Waals surface area contributed by atoms with Gasteiger partial charge in [-0.05, 0) is 36.5 Å². The normalized spacial score (nSPS) is 16.8. The van der Waals surface area contributed by atoms with Crippen LogP contribution in [0.2, 0.25) is 5.02 Å². The van der Waals surface area contributed by atoms with Crippen LogP contribution in [0.1, 0.15) is 35.0 Å². The molecule has 0 saturated carbocycles. The highest BCUT2D eigenvalue weighted by Crippen LogP contribution is 2.31. The fraction of sp³-hybridized carbons (Fsp3) is 0.353. The molecule has 3 N–H and O–H groups in total. The second-order valence-electron chi connectivity index (χ2n) is 5.92. The highest BCUT2D eigenvalue weighted by atomic mass is 35.5. The molecule has 7 heteroatoms. The van der Waals surface area contributed by atoms with Gasteiger partial charge in [0.15, 0.2) is 11.5 Å². The van der Waals surface area contributed by atoms with E-state index in [9.17, 15) is 9.90 Å². The highest BCUT2D eigenvalue weighted by Gasteiger charge is 2.29. The number of nitrogens with two attached hydrogens (primary N) is 1. The third kappa shape index (κ3) is 3.49. The van der Waals surface area contributed by atoms with Crippen molar-refractivity contribution in [1.29, 1.82) is 0 Å². The largest absolute Gasteiger partial charge is 0.388 e. The monoisotopic (exact) mass is 346 g/mol. The Balaban J connectivity index is 1.62. The smallest absolute Gasteiger partial charge is 0.276 e. The predicted molar refractivity (Wildman–Crippen MR) is 91.5 cm³/mol. The molecule has 6 nitrogen and oxygen atoms in total. The summed E-state index contributed by atoms with van der Waals surface area (Å²) in [4.78, 5) is 22.1. The van der Waals surface area contributed by atoms with Gasteiger partial charge in [-0.1, -0.05) is 23.7 Å². The van der Waals surface area contributed by atoms with E-state index in [1.54, 1.807) is 17.0 Å². The summed E-state index contributed by atoms with van der Waals surface area (Å²) in [5.41, 5.74) is 6.76. The molecule has 2 aromatic rings. The van der Waals surface area contributed by atoms with Crippen molar-refractivity contribution in [2.75, 3.05) is 18.8 Å². The van der Waals surface area contributed by atoms with Crippen molar-refractivity contribution in [2.24, 2.45) is 5.92 Å². The molecular weight excluding hydrogens is 328 g/mol. The van der Waals surface area contributed by atoms with E-state index in [1.807, 2.05) is 12.1 Å². The Labute approximate surface area is 145 Å². The molecule has 0 bridgehead atoms. The minimum atomic E-state index is -0.555. The molecule has 1 saturated heterocycles. The van der Waals surface area contributed by atoms with Gasteiger partial charge in [0.25, 0.3) is 5.91 Å². The van der Waals surface area contributed by atoms with Crippen LogP contribution < -0.4 is 5.73 Å². The number of aliphatic hydroxyl groups excluding tert-OH is 1. The summed E-state index contributed by atoms with van der Waals surface area (Å²) in [5, 5.41) is 11.2. The van der Waals surface area contributed by atoms with Crippen LogP contribution in [0.4, 0.5) is 5.82 Å². The summed E-state index contributed by atoms with van der Waals surface area (Å²) in [6.07, 6.45) is 3.80. The lowest BCUT2D eigenvalue weighted by Crippen LogP contribution is -2.40. The second-order valence-corrected chi connectivity index (χ2v) is 6.35. The molecule has 2 heterocycles. The fourth-order valence-corrected chi connectivity index (χ4v) is 3.14. The van der Waals surface area contributed by atoms with Crippen molar-refractivity contribution < 1.29 is 9.90 Å². The molecule has 126 valence electrons. The maximum Gasteiger partial charge on any atom is 0.276 e. The molecule has 0 spiro atoms. The van der Waals surface area contributed by atoms with Crippen molar-refractivity contribution in [2.45, 2.75) is 18.9 Å². The lowest BCUT2D eigenvalue weighted by Gasteiger charge is -2.34. The van der Waals surface area contributed by atoms with Gasteiger partial charge in [-0.25, -0.2) is 9.97 Å². The zero-order valence-corrected chi connectivity index (χ0v) is 13.9. The molecule has 1 aliphatic rings. The number of halogens is 1. The van der Waals surface area contributed by atoms with Gasteiger partial charge in [-0.2, -0.15) is 0 Å². The van der Waals surface area contributed by atoms with E-state index in [4.69, 9.17) is 17.3 Å². The minimum absolute atomic E-state index is 0.106. The SMILES string of the molecule is Nc1nccnc1C(=O)N1CCC(C(O)c2ccc(Cl)cc2)CC1. The van der Waals surface area contributed by atoms with Crippen LogP contribution >= 0.6 is 11.6 Å². The molecule has 0 radical (unpaired) electrons. The summed E-state index contributed by atoms with van der Waals surface area (Å²) >= 11 is 5.88. The van der Waals surface area contributed by atoms with E-state index in [2.05, 4.69) is 9.97 Å². The molecule has 1 aromatic carbocycles. The van der Waals surface area contributed by atoms with E-state index >= 15 is 0 Å². The Kier molecular flexibility index (Phi) is 4.97.